The highest BCUT2D eigenvalue weighted by Crippen LogP contribution is 2.25. The maximum absolute atomic E-state index is 12.4. The molecule has 1 atom stereocenters. The summed E-state index contributed by atoms with van der Waals surface area (Å²) in [6.45, 7) is -1.33. The molecule has 0 aliphatic carbocycles. The molecule has 1 aromatic carbocycles. The van der Waals surface area contributed by atoms with Gasteiger partial charge in [-0.15, -0.1) is 0 Å². The van der Waals surface area contributed by atoms with Gasteiger partial charge in [-0.1, -0.05) is 0 Å². The number of nitrogens with one attached hydrogen (secondary N) is 2. The molecule has 21 heavy (non-hydrogen) atoms. The molecule has 0 saturated carbocycles. The Kier molecular flexibility index (Phi) is 5.32. The fourth-order valence-electron chi connectivity index (χ4n) is 2.24. The van der Waals surface area contributed by atoms with E-state index in [4.69, 9.17) is 4.74 Å². The second-order valence-electron chi connectivity index (χ2n) is 4.76. The van der Waals surface area contributed by atoms with Crippen LogP contribution >= 0.6 is 0 Å². The third kappa shape index (κ3) is 4.29. The quantitative estimate of drug-likeness (QED) is 0.836. The number of carbonyl (C=O) groups excluding carboxylic acids is 1. The average molecular weight is 300 g/mol. The highest BCUT2D eigenvalue weighted by atomic mass is 19.3. The minimum Gasteiger partial charge on any atom is -0.497 e. The highest BCUT2D eigenvalue weighted by Gasteiger charge is 2.22. The zero-order valence-electron chi connectivity index (χ0n) is 11.7. The summed E-state index contributed by atoms with van der Waals surface area (Å²) in [6.07, 6.45) is 0.782. The number of rotatable bonds is 6. The SMILES string of the molecule is COc1ccc(OC(F)F)c(CNC(=O)C2CCNC2)c1. The molecule has 1 unspecified atom stereocenters. The van der Waals surface area contributed by atoms with E-state index < -0.39 is 6.61 Å². The molecule has 1 aromatic rings. The Morgan fingerprint density at radius 1 is 1.52 bits per heavy atom. The van der Waals surface area contributed by atoms with E-state index in [9.17, 15) is 13.6 Å². The number of carbonyl (C=O) groups is 1. The van der Waals surface area contributed by atoms with Crippen molar-refractivity contribution in [2.24, 2.45) is 5.92 Å². The van der Waals surface area contributed by atoms with Gasteiger partial charge in [0.15, 0.2) is 0 Å². The monoisotopic (exact) mass is 300 g/mol. The van der Waals surface area contributed by atoms with Gasteiger partial charge in [0, 0.05) is 18.7 Å². The molecule has 1 aliphatic heterocycles. The molecule has 2 rings (SSSR count). The van der Waals surface area contributed by atoms with Gasteiger partial charge in [-0.05, 0) is 31.2 Å². The summed E-state index contributed by atoms with van der Waals surface area (Å²) < 4.78 is 34.3. The molecular formula is C14H18F2N2O3. The molecule has 1 fully saturated rings. The molecule has 1 saturated heterocycles. The molecule has 1 amide bonds. The van der Waals surface area contributed by atoms with Crippen molar-refractivity contribution < 1.29 is 23.0 Å². The lowest BCUT2D eigenvalue weighted by molar-refractivity contribution is -0.124. The fraction of sp³-hybridized carbons (Fsp3) is 0.500. The smallest absolute Gasteiger partial charge is 0.387 e. The zero-order chi connectivity index (χ0) is 15.2. The van der Waals surface area contributed by atoms with Gasteiger partial charge in [-0.3, -0.25) is 4.79 Å². The molecule has 7 heteroatoms. The molecule has 1 aliphatic rings. The number of hydrogen-bond donors (Lipinski definition) is 2. The largest absolute Gasteiger partial charge is 0.497 e. The molecule has 116 valence electrons. The summed E-state index contributed by atoms with van der Waals surface area (Å²) >= 11 is 0. The minimum atomic E-state index is -2.91. The van der Waals surface area contributed by atoms with Crippen LogP contribution in [0.15, 0.2) is 18.2 Å². The lowest BCUT2D eigenvalue weighted by atomic mass is 10.1. The van der Waals surface area contributed by atoms with Crippen molar-refractivity contribution in [2.75, 3.05) is 20.2 Å². The first-order chi connectivity index (χ1) is 10.1. The Morgan fingerprint density at radius 2 is 2.33 bits per heavy atom. The van der Waals surface area contributed by atoms with E-state index in [1.807, 2.05) is 0 Å². The second-order valence-corrected chi connectivity index (χ2v) is 4.76. The lowest BCUT2D eigenvalue weighted by Crippen LogP contribution is -2.31. The van der Waals surface area contributed by atoms with Gasteiger partial charge >= 0.3 is 6.61 Å². The van der Waals surface area contributed by atoms with Gasteiger partial charge in [-0.25, -0.2) is 0 Å². The number of benzene rings is 1. The van der Waals surface area contributed by atoms with E-state index in [1.54, 1.807) is 6.07 Å². The Balaban J connectivity index is 2.03. The maximum Gasteiger partial charge on any atom is 0.387 e. The number of halogens is 2. The van der Waals surface area contributed by atoms with Crippen LogP contribution in [0.4, 0.5) is 8.78 Å². The summed E-state index contributed by atoms with van der Waals surface area (Å²) in [5.41, 5.74) is 0.453. The average Bonchev–Trinajstić information content (AvgIpc) is 2.99. The summed E-state index contributed by atoms with van der Waals surface area (Å²) in [5, 5.41) is 5.85. The molecule has 0 aromatic heterocycles. The van der Waals surface area contributed by atoms with Crippen LogP contribution in [0.1, 0.15) is 12.0 Å². The molecule has 0 bridgehead atoms. The number of amides is 1. The topological polar surface area (TPSA) is 59.6 Å². The predicted octanol–water partition coefficient (Wildman–Crippen LogP) is 1.52. The van der Waals surface area contributed by atoms with Crippen molar-refractivity contribution in [1.29, 1.82) is 0 Å². The lowest BCUT2D eigenvalue weighted by Gasteiger charge is -2.14. The van der Waals surface area contributed by atoms with Crippen LogP contribution in [0.5, 0.6) is 11.5 Å². The molecule has 5 nitrogen and oxygen atoms in total. The van der Waals surface area contributed by atoms with E-state index in [1.165, 1.54) is 19.2 Å². The van der Waals surface area contributed by atoms with E-state index in [-0.39, 0.29) is 24.1 Å². The van der Waals surface area contributed by atoms with Crippen molar-refractivity contribution in [2.45, 2.75) is 19.6 Å². The van der Waals surface area contributed by atoms with Crippen LogP contribution in [-0.4, -0.2) is 32.7 Å². The van der Waals surface area contributed by atoms with Crippen LogP contribution in [0, 0.1) is 5.92 Å². The molecular weight excluding hydrogens is 282 g/mol. The third-order valence-electron chi connectivity index (χ3n) is 3.37. The van der Waals surface area contributed by atoms with Crippen molar-refractivity contribution in [3.63, 3.8) is 0 Å². The number of methoxy groups -OCH3 is 1. The van der Waals surface area contributed by atoms with Gasteiger partial charge in [0.05, 0.1) is 13.0 Å². The number of hydrogen-bond acceptors (Lipinski definition) is 4. The first-order valence-corrected chi connectivity index (χ1v) is 6.70. The van der Waals surface area contributed by atoms with E-state index in [2.05, 4.69) is 15.4 Å². The normalized spacial score (nSPS) is 17.8. The van der Waals surface area contributed by atoms with Crippen LogP contribution in [0.25, 0.3) is 0 Å². The van der Waals surface area contributed by atoms with Crippen molar-refractivity contribution in [3.05, 3.63) is 23.8 Å². The Hall–Kier alpha value is -1.89. The first-order valence-electron chi connectivity index (χ1n) is 6.70. The van der Waals surface area contributed by atoms with Gasteiger partial charge < -0.3 is 20.1 Å². The molecule has 2 N–H and O–H groups in total. The standard InChI is InChI=1S/C14H18F2N2O3/c1-20-11-2-3-12(21-14(15)16)10(6-11)8-18-13(19)9-4-5-17-7-9/h2-3,6,9,14,17H,4-5,7-8H2,1H3,(H,18,19). The maximum atomic E-state index is 12.4. The Bertz CT molecular complexity index is 491. The van der Waals surface area contributed by atoms with Crippen molar-refractivity contribution >= 4 is 5.91 Å². The van der Waals surface area contributed by atoms with E-state index in [0.29, 0.717) is 17.9 Å². The van der Waals surface area contributed by atoms with Gasteiger partial charge in [0.25, 0.3) is 0 Å². The summed E-state index contributed by atoms with van der Waals surface area (Å²) in [7, 11) is 1.48. The van der Waals surface area contributed by atoms with Crippen molar-refractivity contribution in [3.8, 4) is 11.5 Å². The van der Waals surface area contributed by atoms with Gasteiger partial charge in [0.2, 0.25) is 5.91 Å². The van der Waals surface area contributed by atoms with Crippen LogP contribution in [-0.2, 0) is 11.3 Å². The number of ether oxygens (including phenoxy) is 2. The summed E-state index contributed by atoms with van der Waals surface area (Å²) in [4.78, 5) is 11.9. The minimum absolute atomic E-state index is 0.0376. The highest BCUT2D eigenvalue weighted by molar-refractivity contribution is 5.79. The first kappa shape index (κ1) is 15.5. The molecule has 0 radical (unpaired) electrons. The summed E-state index contributed by atoms with van der Waals surface area (Å²) in [6, 6.07) is 4.51. The fourth-order valence-corrected chi connectivity index (χ4v) is 2.24. The van der Waals surface area contributed by atoms with Crippen molar-refractivity contribution in [1.82, 2.24) is 10.6 Å². The van der Waals surface area contributed by atoms with Crippen LogP contribution < -0.4 is 20.1 Å². The van der Waals surface area contributed by atoms with Gasteiger partial charge in [0.1, 0.15) is 11.5 Å². The summed E-state index contributed by atoms with van der Waals surface area (Å²) in [5.74, 6) is 0.389. The second kappa shape index (κ2) is 7.21. The zero-order valence-corrected chi connectivity index (χ0v) is 11.7. The third-order valence-corrected chi connectivity index (χ3v) is 3.37. The van der Waals surface area contributed by atoms with Crippen LogP contribution in [0.3, 0.4) is 0 Å². The van der Waals surface area contributed by atoms with Gasteiger partial charge in [-0.2, -0.15) is 8.78 Å². The van der Waals surface area contributed by atoms with Crippen LogP contribution in [0.2, 0.25) is 0 Å². The van der Waals surface area contributed by atoms with E-state index in [0.717, 1.165) is 13.0 Å². The predicted molar refractivity (Wildman–Crippen MR) is 72.4 cm³/mol. The molecule has 0 spiro atoms. The Labute approximate surface area is 121 Å². The molecule has 1 heterocycles. The van der Waals surface area contributed by atoms with E-state index >= 15 is 0 Å². The Morgan fingerprint density at radius 3 is 2.95 bits per heavy atom. The number of alkyl halides is 2.